The molecule has 0 fully saturated rings. The molecule has 1 heteroatoms. The number of hydrogen-bond donors (Lipinski definition) is 0. The fraction of sp³-hybridized carbons (Fsp3) is 0.545. The summed E-state index contributed by atoms with van der Waals surface area (Å²) in [6, 6.07) is 0. The van der Waals surface area contributed by atoms with E-state index in [1.807, 2.05) is 0 Å². The Morgan fingerprint density at radius 2 is 2.33 bits per heavy atom. The fourth-order valence-corrected chi connectivity index (χ4v) is 1.58. The van der Waals surface area contributed by atoms with Gasteiger partial charge in [-0.3, -0.25) is 4.79 Å². The molecule has 1 aliphatic rings. The van der Waals surface area contributed by atoms with Crippen LogP contribution in [-0.4, -0.2) is 5.78 Å². The second-order valence-electron chi connectivity index (χ2n) is 3.43. The van der Waals surface area contributed by atoms with Crippen molar-refractivity contribution in [1.29, 1.82) is 0 Å². The third kappa shape index (κ3) is 1.84. The Morgan fingerprint density at radius 1 is 1.67 bits per heavy atom. The lowest BCUT2D eigenvalue weighted by molar-refractivity contribution is -0.113. The smallest absolute Gasteiger partial charge is 0.159 e. The Bertz CT molecular complexity index is 246. The predicted molar refractivity (Wildman–Crippen MR) is 50.9 cm³/mol. The summed E-state index contributed by atoms with van der Waals surface area (Å²) < 4.78 is 0. The third-order valence-corrected chi connectivity index (χ3v) is 2.29. The van der Waals surface area contributed by atoms with E-state index in [1.165, 1.54) is 5.57 Å². The molecule has 0 aromatic rings. The van der Waals surface area contributed by atoms with E-state index in [2.05, 4.69) is 26.0 Å². The predicted octanol–water partition coefficient (Wildman–Crippen LogP) is 2.88. The highest BCUT2D eigenvalue weighted by molar-refractivity contribution is 5.97. The monoisotopic (exact) mass is 164 g/mol. The summed E-state index contributed by atoms with van der Waals surface area (Å²) >= 11 is 0. The molecule has 0 radical (unpaired) electrons. The summed E-state index contributed by atoms with van der Waals surface area (Å²) in [5, 5.41) is 0. The van der Waals surface area contributed by atoms with Crippen LogP contribution >= 0.6 is 0 Å². The number of carbonyl (C=O) groups is 1. The maximum atomic E-state index is 11.2. The largest absolute Gasteiger partial charge is 0.295 e. The average Bonchev–Trinajstić information content (AvgIpc) is 2.04. The van der Waals surface area contributed by atoms with E-state index in [-0.39, 0.29) is 5.78 Å². The third-order valence-electron chi connectivity index (χ3n) is 2.29. The van der Waals surface area contributed by atoms with Gasteiger partial charge in [0.2, 0.25) is 0 Å². The zero-order valence-electron chi connectivity index (χ0n) is 8.05. The molecule has 0 aromatic heterocycles. The van der Waals surface area contributed by atoms with Crippen molar-refractivity contribution in [3.05, 3.63) is 23.3 Å². The molecule has 0 saturated heterocycles. The van der Waals surface area contributed by atoms with Gasteiger partial charge in [-0.1, -0.05) is 26.0 Å². The summed E-state index contributed by atoms with van der Waals surface area (Å²) in [6.07, 6.45) is 6.35. The minimum Gasteiger partial charge on any atom is -0.295 e. The molecule has 0 aromatic carbocycles. The molecule has 12 heavy (non-hydrogen) atoms. The van der Waals surface area contributed by atoms with Crippen molar-refractivity contribution < 1.29 is 4.79 Å². The summed E-state index contributed by atoms with van der Waals surface area (Å²) in [4.78, 5) is 11.2. The van der Waals surface area contributed by atoms with E-state index < -0.39 is 0 Å². The van der Waals surface area contributed by atoms with Crippen LogP contribution in [0, 0.1) is 5.92 Å². The van der Waals surface area contributed by atoms with Gasteiger partial charge in [-0.15, -0.1) is 0 Å². The lowest BCUT2D eigenvalue weighted by Crippen LogP contribution is -2.07. The first kappa shape index (κ1) is 9.24. The first-order chi connectivity index (χ1) is 5.65. The van der Waals surface area contributed by atoms with E-state index >= 15 is 0 Å². The van der Waals surface area contributed by atoms with Crippen molar-refractivity contribution >= 4 is 5.78 Å². The minimum absolute atomic E-state index is 0.203. The van der Waals surface area contributed by atoms with E-state index in [9.17, 15) is 4.79 Å². The van der Waals surface area contributed by atoms with Crippen molar-refractivity contribution in [1.82, 2.24) is 0 Å². The number of Topliss-reactive ketones (excluding diaryl/α,β-unsaturated/α-hetero) is 1. The average molecular weight is 164 g/mol. The molecule has 0 heterocycles. The second-order valence-corrected chi connectivity index (χ2v) is 3.43. The van der Waals surface area contributed by atoms with Gasteiger partial charge in [-0.2, -0.15) is 0 Å². The highest BCUT2D eigenvalue weighted by Gasteiger charge is 2.14. The molecule has 0 aliphatic heterocycles. The molecule has 1 rings (SSSR count). The van der Waals surface area contributed by atoms with Crippen LogP contribution in [0.25, 0.3) is 0 Å². The number of allylic oxidation sites excluding steroid dienone is 4. The molecule has 0 amide bonds. The lowest BCUT2D eigenvalue weighted by atomic mass is 9.88. The molecule has 0 saturated carbocycles. The number of ketones is 1. The van der Waals surface area contributed by atoms with E-state index in [1.54, 1.807) is 6.92 Å². The fourth-order valence-electron chi connectivity index (χ4n) is 1.58. The Morgan fingerprint density at radius 3 is 2.83 bits per heavy atom. The first-order valence-electron chi connectivity index (χ1n) is 4.57. The SMILES string of the molecule is CCC1=CCC(C)C=C1C(C)=O. The quantitative estimate of drug-likeness (QED) is 0.613. The Balaban J connectivity index is 2.90. The molecule has 1 nitrogen and oxygen atoms in total. The zero-order chi connectivity index (χ0) is 9.14. The molecule has 1 atom stereocenters. The summed E-state index contributed by atoms with van der Waals surface area (Å²) in [5.74, 6) is 0.730. The van der Waals surface area contributed by atoms with Gasteiger partial charge in [0, 0.05) is 5.57 Å². The Labute approximate surface area is 74.2 Å². The van der Waals surface area contributed by atoms with E-state index in [4.69, 9.17) is 0 Å². The number of hydrogen-bond acceptors (Lipinski definition) is 1. The molecular weight excluding hydrogens is 148 g/mol. The highest BCUT2D eigenvalue weighted by Crippen LogP contribution is 2.25. The van der Waals surface area contributed by atoms with Gasteiger partial charge in [-0.25, -0.2) is 0 Å². The highest BCUT2D eigenvalue weighted by atomic mass is 16.1. The zero-order valence-corrected chi connectivity index (χ0v) is 8.05. The molecule has 1 unspecified atom stereocenters. The van der Waals surface area contributed by atoms with E-state index in [0.717, 1.165) is 18.4 Å². The van der Waals surface area contributed by atoms with Gasteiger partial charge in [0.1, 0.15) is 0 Å². The van der Waals surface area contributed by atoms with Crippen molar-refractivity contribution in [3.63, 3.8) is 0 Å². The molecule has 0 N–H and O–H groups in total. The van der Waals surface area contributed by atoms with Crippen molar-refractivity contribution in [2.45, 2.75) is 33.6 Å². The van der Waals surface area contributed by atoms with Gasteiger partial charge in [-0.05, 0) is 31.3 Å². The van der Waals surface area contributed by atoms with Gasteiger partial charge in [0.15, 0.2) is 5.78 Å². The summed E-state index contributed by atoms with van der Waals surface area (Å²) in [5.41, 5.74) is 2.16. The van der Waals surface area contributed by atoms with Crippen LogP contribution in [0.2, 0.25) is 0 Å². The van der Waals surface area contributed by atoms with Crippen molar-refractivity contribution in [3.8, 4) is 0 Å². The Hall–Kier alpha value is -0.850. The van der Waals surface area contributed by atoms with Crippen LogP contribution < -0.4 is 0 Å². The molecule has 0 spiro atoms. The van der Waals surface area contributed by atoms with Crippen molar-refractivity contribution in [2.75, 3.05) is 0 Å². The molecule has 66 valence electrons. The Kier molecular flexibility index (Phi) is 2.85. The number of rotatable bonds is 2. The van der Waals surface area contributed by atoms with Gasteiger partial charge >= 0.3 is 0 Å². The lowest BCUT2D eigenvalue weighted by Gasteiger charge is -2.16. The van der Waals surface area contributed by atoms with Crippen LogP contribution in [0.15, 0.2) is 23.3 Å². The van der Waals surface area contributed by atoms with Gasteiger partial charge < -0.3 is 0 Å². The van der Waals surface area contributed by atoms with Crippen LogP contribution in [0.1, 0.15) is 33.6 Å². The molecule has 1 aliphatic carbocycles. The normalized spacial score (nSPS) is 23.1. The van der Waals surface area contributed by atoms with Crippen LogP contribution in [0.4, 0.5) is 0 Å². The maximum Gasteiger partial charge on any atom is 0.159 e. The second kappa shape index (κ2) is 3.70. The van der Waals surface area contributed by atoms with Crippen LogP contribution in [0.5, 0.6) is 0 Å². The standard InChI is InChI=1S/C11H16O/c1-4-10-6-5-8(2)7-11(10)9(3)12/h6-8H,4-5H2,1-3H3. The van der Waals surface area contributed by atoms with E-state index in [0.29, 0.717) is 5.92 Å². The molecule has 0 bridgehead atoms. The van der Waals surface area contributed by atoms with Crippen molar-refractivity contribution in [2.24, 2.45) is 5.92 Å². The van der Waals surface area contributed by atoms with Crippen LogP contribution in [0.3, 0.4) is 0 Å². The van der Waals surface area contributed by atoms with Gasteiger partial charge in [0.05, 0.1) is 0 Å². The van der Waals surface area contributed by atoms with Gasteiger partial charge in [0.25, 0.3) is 0 Å². The topological polar surface area (TPSA) is 17.1 Å². The number of carbonyl (C=O) groups excluding carboxylic acids is 1. The molecular formula is C11H16O. The summed E-state index contributed by atoms with van der Waals surface area (Å²) in [6.45, 7) is 5.89. The maximum absolute atomic E-state index is 11.2. The minimum atomic E-state index is 0.203. The first-order valence-corrected chi connectivity index (χ1v) is 4.57. The van der Waals surface area contributed by atoms with Crippen LogP contribution in [-0.2, 0) is 4.79 Å². The summed E-state index contributed by atoms with van der Waals surface area (Å²) in [7, 11) is 0.